The Morgan fingerprint density at radius 3 is 2.16 bits per heavy atom. The molecule has 2 aromatic carbocycles. The standard InChI is InChI=1S/C17H19F2N3O2S/c1-21-8-10-22(11-9-21)14-4-2-13(3-5-14)20-25(23,24)15-6-7-16(18)17(19)12-15/h2-7,12,20H,8-11H2,1H3. The van der Waals surface area contributed by atoms with Gasteiger partial charge in [-0.05, 0) is 49.5 Å². The van der Waals surface area contributed by atoms with E-state index in [1.54, 1.807) is 12.1 Å². The SMILES string of the molecule is CN1CCN(c2ccc(NS(=O)(=O)c3ccc(F)c(F)c3)cc2)CC1. The molecule has 25 heavy (non-hydrogen) atoms. The number of rotatable bonds is 4. The molecule has 0 spiro atoms. The highest BCUT2D eigenvalue weighted by atomic mass is 32.2. The number of benzene rings is 2. The highest BCUT2D eigenvalue weighted by Crippen LogP contribution is 2.22. The molecule has 1 saturated heterocycles. The number of likely N-dealkylation sites (N-methyl/N-ethyl adjacent to an activating group) is 1. The first-order valence-corrected chi connectivity index (χ1v) is 9.35. The van der Waals surface area contributed by atoms with Crippen molar-refractivity contribution in [2.75, 3.05) is 42.8 Å². The highest BCUT2D eigenvalue weighted by Gasteiger charge is 2.18. The summed E-state index contributed by atoms with van der Waals surface area (Å²) in [5.41, 5.74) is 1.38. The zero-order chi connectivity index (χ0) is 18.0. The van der Waals surface area contributed by atoms with Crippen LogP contribution in [0.5, 0.6) is 0 Å². The van der Waals surface area contributed by atoms with E-state index in [4.69, 9.17) is 0 Å². The predicted molar refractivity (Wildman–Crippen MR) is 93.3 cm³/mol. The highest BCUT2D eigenvalue weighted by molar-refractivity contribution is 7.92. The van der Waals surface area contributed by atoms with Crippen molar-refractivity contribution in [2.24, 2.45) is 0 Å². The minimum absolute atomic E-state index is 0.324. The van der Waals surface area contributed by atoms with E-state index in [2.05, 4.69) is 21.6 Å². The van der Waals surface area contributed by atoms with Gasteiger partial charge in [0.2, 0.25) is 0 Å². The van der Waals surface area contributed by atoms with E-state index in [0.29, 0.717) is 11.8 Å². The number of hydrogen-bond acceptors (Lipinski definition) is 4. The van der Waals surface area contributed by atoms with Gasteiger partial charge in [0.25, 0.3) is 10.0 Å². The second-order valence-corrected chi connectivity index (χ2v) is 7.70. The Morgan fingerprint density at radius 2 is 1.56 bits per heavy atom. The van der Waals surface area contributed by atoms with E-state index in [1.807, 2.05) is 12.1 Å². The fourth-order valence-corrected chi connectivity index (χ4v) is 3.73. The number of piperazine rings is 1. The van der Waals surface area contributed by atoms with Crippen molar-refractivity contribution in [3.63, 3.8) is 0 Å². The topological polar surface area (TPSA) is 52.6 Å². The van der Waals surface area contributed by atoms with Crippen molar-refractivity contribution >= 4 is 21.4 Å². The van der Waals surface area contributed by atoms with Crippen LogP contribution in [0.2, 0.25) is 0 Å². The Hall–Kier alpha value is -2.19. The lowest BCUT2D eigenvalue weighted by Gasteiger charge is -2.34. The molecule has 3 rings (SSSR count). The molecule has 0 saturated carbocycles. The molecule has 0 radical (unpaired) electrons. The van der Waals surface area contributed by atoms with Crippen LogP contribution < -0.4 is 9.62 Å². The summed E-state index contributed by atoms with van der Waals surface area (Å²) in [6.07, 6.45) is 0. The van der Waals surface area contributed by atoms with Crippen LogP contribution in [0.25, 0.3) is 0 Å². The molecule has 0 unspecified atom stereocenters. The van der Waals surface area contributed by atoms with Crippen molar-refractivity contribution in [3.8, 4) is 0 Å². The van der Waals surface area contributed by atoms with Gasteiger partial charge in [0.1, 0.15) is 0 Å². The van der Waals surface area contributed by atoms with Gasteiger partial charge in [0.05, 0.1) is 4.90 Å². The van der Waals surface area contributed by atoms with Crippen LogP contribution in [0.1, 0.15) is 0 Å². The first kappa shape index (κ1) is 17.6. The minimum atomic E-state index is -3.97. The molecule has 8 heteroatoms. The van der Waals surface area contributed by atoms with Gasteiger partial charge in [-0.3, -0.25) is 4.72 Å². The third-order valence-electron chi connectivity index (χ3n) is 4.19. The second kappa shape index (κ2) is 6.97. The molecule has 134 valence electrons. The molecule has 1 heterocycles. The molecule has 0 atom stereocenters. The van der Waals surface area contributed by atoms with Crippen LogP contribution in [0.15, 0.2) is 47.4 Å². The van der Waals surface area contributed by atoms with Crippen LogP contribution in [-0.4, -0.2) is 46.5 Å². The molecule has 0 aliphatic carbocycles. The Kier molecular flexibility index (Phi) is 4.91. The summed E-state index contributed by atoms with van der Waals surface area (Å²) in [6.45, 7) is 3.78. The number of sulfonamides is 1. The van der Waals surface area contributed by atoms with Gasteiger partial charge in [0, 0.05) is 37.6 Å². The largest absolute Gasteiger partial charge is 0.369 e. The Bertz CT molecular complexity index is 849. The molecular weight excluding hydrogens is 348 g/mol. The van der Waals surface area contributed by atoms with E-state index >= 15 is 0 Å². The third kappa shape index (κ3) is 4.08. The summed E-state index contributed by atoms with van der Waals surface area (Å²) in [5, 5.41) is 0. The number of anilines is 2. The molecule has 2 aromatic rings. The Balaban J connectivity index is 1.73. The monoisotopic (exact) mass is 367 g/mol. The second-order valence-electron chi connectivity index (χ2n) is 6.02. The van der Waals surface area contributed by atoms with Gasteiger partial charge < -0.3 is 9.80 Å². The van der Waals surface area contributed by atoms with Crippen LogP contribution in [-0.2, 0) is 10.0 Å². The van der Waals surface area contributed by atoms with Crippen molar-refractivity contribution < 1.29 is 17.2 Å². The average Bonchev–Trinajstić information content (AvgIpc) is 2.58. The zero-order valence-electron chi connectivity index (χ0n) is 13.7. The molecule has 0 amide bonds. The van der Waals surface area contributed by atoms with Crippen LogP contribution >= 0.6 is 0 Å². The third-order valence-corrected chi connectivity index (χ3v) is 5.57. The van der Waals surface area contributed by atoms with E-state index in [-0.39, 0.29) is 4.90 Å². The van der Waals surface area contributed by atoms with Crippen LogP contribution in [0, 0.1) is 11.6 Å². The number of nitrogens with zero attached hydrogens (tertiary/aromatic N) is 2. The Labute approximate surface area is 145 Å². The maximum atomic E-state index is 13.3. The zero-order valence-corrected chi connectivity index (χ0v) is 14.6. The van der Waals surface area contributed by atoms with Gasteiger partial charge in [0.15, 0.2) is 11.6 Å². The summed E-state index contributed by atoms with van der Waals surface area (Å²) in [4.78, 5) is 4.16. The van der Waals surface area contributed by atoms with Gasteiger partial charge in [-0.15, -0.1) is 0 Å². The molecule has 1 N–H and O–H groups in total. The summed E-state index contributed by atoms with van der Waals surface area (Å²) in [5.74, 6) is -2.29. The fourth-order valence-electron chi connectivity index (χ4n) is 2.66. The summed E-state index contributed by atoms with van der Waals surface area (Å²) in [6, 6.07) is 9.48. The molecule has 1 aliphatic heterocycles. The molecule has 1 fully saturated rings. The van der Waals surface area contributed by atoms with E-state index in [1.165, 1.54) is 0 Å². The summed E-state index contributed by atoms with van der Waals surface area (Å²) < 4.78 is 53.1. The van der Waals surface area contributed by atoms with Crippen molar-refractivity contribution in [3.05, 3.63) is 54.1 Å². The molecule has 5 nitrogen and oxygen atoms in total. The lowest BCUT2D eigenvalue weighted by molar-refractivity contribution is 0.313. The molecule has 1 aliphatic rings. The van der Waals surface area contributed by atoms with Crippen molar-refractivity contribution in [2.45, 2.75) is 4.90 Å². The Morgan fingerprint density at radius 1 is 0.920 bits per heavy atom. The summed E-state index contributed by atoms with van der Waals surface area (Å²) in [7, 11) is -1.90. The first-order valence-electron chi connectivity index (χ1n) is 7.86. The number of halogens is 2. The molecule has 0 bridgehead atoms. The van der Waals surface area contributed by atoms with Crippen molar-refractivity contribution in [1.29, 1.82) is 0 Å². The minimum Gasteiger partial charge on any atom is -0.369 e. The normalized spacial score (nSPS) is 16.0. The van der Waals surface area contributed by atoms with Crippen molar-refractivity contribution in [1.82, 2.24) is 4.90 Å². The smallest absolute Gasteiger partial charge is 0.261 e. The summed E-state index contributed by atoms with van der Waals surface area (Å²) >= 11 is 0. The van der Waals surface area contributed by atoms with Crippen LogP contribution in [0.4, 0.5) is 20.2 Å². The predicted octanol–water partition coefficient (Wildman–Crippen LogP) is 2.52. The van der Waals surface area contributed by atoms with Gasteiger partial charge in [-0.1, -0.05) is 0 Å². The van der Waals surface area contributed by atoms with Gasteiger partial charge in [-0.2, -0.15) is 0 Å². The molecule has 0 aromatic heterocycles. The van der Waals surface area contributed by atoms with Crippen LogP contribution in [0.3, 0.4) is 0 Å². The fraction of sp³-hybridized carbons (Fsp3) is 0.294. The first-order chi connectivity index (χ1) is 11.8. The number of hydrogen-bond donors (Lipinski definition) is 1. The lowest BCUT2D eigenvalue weighted by atomic mass is 10.2. The molecular formula is C17H19F2N3O2S. The van der Waals surface area contributed by atoms with E-state index in [9.17, 15) is 17.2 Å². The lowest BCUT2D eigenvalue weighted by Crippen LogP contribution is -2.44. The number of nitrogens with one attached hydrogen (secondary N) is 1. The van der Waals surface area contributed by atoms with Gasteiger partial charge in [-0.25, -0.2) is 17.2 Å². The average molecular weight is 367 g/mol. The van der Waals surface area contributed by atoms with E-state index in [0.717, 1.165) is 44.0 Å². The quantitative estimate of drug-likeness (QED) is 0.902. The van der Waals surface area contributed by atoms with E-state index < -0.39 is 21.7 Å². The maximum Gasteiger partial charge on any atom is 0.261 e. The van der Waals surface area contributed by atoms with Gasteiger partial charge >= 0.3 is 0 Å². The maximum absolute atomic E-state index is 13.3.